The number of aryl methyl sites for hydroxylation is 1. The number of pyridine rings is 1. The van der Waals surface area contributed by atoms with Crippen LogP contribution in [0.1, 0.15) is 11.3 Å². The number of aromatic amines is 1. The number of hydrogen-bond acceptors (Lipinski definition) is 4. The topological polar surface area (TPSA) is 59.9 Å². The number of rotatable bonds is 3. The highest BCUT2D eigenvalue weighted by Gasteiger charge is 2.35. The maximum atomic E-state index is 13.1. The number of alkyl halides is 3. The van der Waals surface area contributed by atoms with Crippen LogP contribution >= 0.6 is 12.2 Å². The molecule has 0 aliphatic rings. The molecule has 0 aliphatic carbocycles. The van der Waals surface area contributed by atoms with E-state index in [0.29, 0.717) is 0 Å². The Kier molecular flexibility index (Phi) is 4.15. The van der Waals surface area contributed by atoms with Gasteiger partial charge in [0.05, 0.1) is 24.1 Å². The molecule has 0 aromatic carbocycles. The summed E-state index contributed by atoms with van der Waals surface area (Å²) in [6.07, 6.45) is -4.65. The summed E-state index contributed by atoms with van der Waals surface area (Å²) in [6, 6.07) is 0.848. The number of methoxy groups -OCH3 is 1. The summed E-state index contributed by atoms with van der Waals surface area (Å²) in [4.78, 5) is 18.2. The first-order chi connectivity index (χ1) is 9.75. The first-order valence-electron chi connectivity index (χ1n) is 5.96. The summed E-state index contributed by atoms with van der Waals surface area (Å²) >= 11 is 4.99. The number of nitrogens with zero attached hydrogens (tertiary/aromatic N) is 2. The van der Waals surface area contributed by atoms with Gasteiger partial charge in [-0.2, -0.15) is 13.2 Å². The van der Waals surface area contributed by atoms with Crippen molar-refractivity contribution in [1.82, 2.24) is 14.5 Å². The molecule has 0 aliphatic heterocycles. The van der Waals surface area contributed by atoms with Crippen LogP contribution in [0, 0.1) is 11.7 Å². The van der Waals surface area contributed by atoms with Gasteiger partial charge in [-0.1, -0.05) is 0 Å². The average molecular weight is 319 g/mol. The Balaban J connectivity index is 2.92. The van der Waals surface area contributed by atoms with Gasteiger partial charge in [-0.05, 0) is 25.2 Å². The van der Waals surface area contributed by atoms with Crippen molar-refractivity contribution >= 4 is 23.3 Å². The standard InChI is InChI=1S/C12H12F3N3O2S/c1-6-5-7(12(13,14)15)8-9(16-6)18(3-4-20-2)11(21)17-10(8)19/h5H,3-4H2,1-2H3,(H,17,19,21). The van der Waals surface area contributed by atoms with Crippen LogP contribution in [0.5, 0.6) is 0 Å². The van der Waals surface area contributed by atoms with Crippen molar-refractivity contribution in [3.63, 3.8) is 0 Å². The fraction of sp³-hybridized carbons (Fsp3) is 0.417. The molecule has 2 aromatic rings. The van der Waals surface area contributed by atoms with Crippen molar-refractivity contribution in [3.8, 4) is 0 Å². The van der Waals surface area contributed by atoms with Crippen LogP contribution < -0.4 is 5.56 Å². The number of nitrogens with one attached hydrogen (secondary N) is 1. The van der Waals surface area contributed by atoms with E-state index in [9.17, 15) is 18.0 Å². The second-order valence-corrected chi connectivity index (χ2v) is 4.80. The first kappa shape index (κ1) is 15.6. The highest BCUT2D eigenvalue weighted by Crippen LogP contribution is 2.33. The zero-order chi connectivity index (χ0) is 15.8. The third kappa shape index (κ3) is 2.98. The molecule has 0 saturated carbocycles. The van der Waals surface area contributed by atoms with Gasteiger partial charge in [0.25, 0.3) is 5.56 Å². The number of ether oxygens (including phenoxy) is 1. The molecule has 0 bridgehead atoms. The molecule has 2 aromatic heterocycles. The monoisotopic (exact) mass is 319 g/mol. The van der Waals surface area contributed by atoms with Crippen molar-refractivity contribution < 1.29 is 17.9 Å². The number of halogens is 3. The molecule has 0 spiro atoms. The summed E-state index contributed by atoms with van der Waals surface area (Å²) in [6.45, 7) is 1.85. The minimum atomic E-state index is -4.65. The van der Waals surface area contributed by atoms with Gasteiger partial charge in [-0.3, -0.25) is 9.78 Å². The molecular formula is C12H12F3N3O2S. The molecule has 0 fully saturated rings. The Morgan fingerprint density at radius 2 is 2.14 bits per heavy atom. The molecule has 2 rings (SSSR count). The minimum absolute atomic E-state index is 0.00998. The van der Waals surface area contributed by atoms with Crippen LogP contribution in [0.15, 0.2) is 10.9 Å². The minimum Gasteiger partial charge on any atom is -0.383 e. The fourth-order valence-electron chi connectivity index (χ4n) is 2.01. The third-order valence-electron chi connectivity index (χ3n) is 2.90. The third-order valence-corrected chi connectivity index (χ3v) is 3.22. The van der Waals surface area contributed by atoms with E-state index >= 15 is 0 Å². The quantitative estimate of drug-likeness (QED) is 0.883. The van der Waals surface area contributed by atoms with Gasteiger partial charge in [0, 0.05) is 12.8 Å². The van der Waals surface area contributed by atoms with Gasteiger partial charge in [-0.15, -0.1) is 0 Å². The Labute approximate surface area is 122 Å². The highest BCUT2D eigenvalue weighted by atomic mass is 32.1. The molecule has 9 heteroatoms. The van der Waals surface area contributed by atoms with E-state index in [0.717, 1.165) is 6.07 Å². The average Bonchev–Trinajstić information content (AvgIpc) is 2.36. The Morgan fingerprint density at radius 3 is 2.71 bits per heavy atom. The lowest BCUT2D eigenvalue weighted by atomic mass is 10.1. The van der Waals surface area contributed by atoms with Crippen LogP contribution in [0.4, 0.5) is 13.2 Å². The predicted octanol–water partition coefficient (Wildman–Crippen LogP) is 2.43. The van der Waals surface area contributed by atoms with Crippen molar-refractivity contribution in [2.75, 3.05) is 13.7 Å². The molecule has 5 nitrogen and oxygen atoms in total. The lowest BCUT2D eigenvalue weighted by Crippen LogP contribution is -2.21. The molecule has 0 radical (unpaired) electrons. The molecule has 21 heavy (non-hydrogen) atoms. The lowest BCUT2D eigenvalue weighted by molar-refractivity contribution is -0.136. The Morgan fingerprint density at radius 1 is 1.48 bits per heavy atom. The maximum Gasteiger partial charge on any atom is 0.417 e. The molecule has 114 valence electrons. The number of fused-ring (bicyclic) bond motifs is 1. The van der Waals surface area contributed by atoms with E-state index in [1.165, 1.54) is 18.6 Å². The smallest absolute Gasteiger partial charge is 0.383 e. The summed E-state index contributed by atoms with van der Waals surface area (Å²) in [5.74, 6) is 0. The molecule has 0 amide bonds. The van der Waals surface area contributed by atoms with Gasteiger partial charge in [0.2, 0.25) is 0 Å². The molecule has 0 atom stereocenters. The number of H-pyrrole nitrogens is 1. The van der Waals surface area contributed by atoms with Gasteiger partial charge in [0.1, 0.15) is 5.65 Å². The van der Waals surface area contributed by atoms with E-state index in [-0.39, 0.29) is 29.3 Å². The summed E-state index contributed by atoms with van der Waals surface area (Å²) in [5.41, 5.74) is -1.86. The second-order valence-electron chi connectivity index (χ2n) is 4.41. The summed E-state index contributed by atoms with van der Waals surface area (Å²) < 4.78 is 45.6. The van der Waals surface area contributed by atoms with Crippen molar-refractivity contribution in [2.24, 2.45) is 0 Å². The van der Waals surface area contributed by atoms with Crippen LogP contribution in [0.25, 0.3) is 11.0 Å². The zero-order valence-electron chi connectivity index (χ0n) is 11.2. The van der Waals surface area contributed by atoms with E-state index in [2.05, 4.69) is 9.97 Å². The fourth-order valence-corrected chi connectivity index (χ4v) is 2.28. The lowest BCUT2D eigenvalue weighted by Gasteiger charge is -2.14. The van der Waals surface area contributed by atoms with Crippen LogP contribution in [-0.2, 0) is 17.5 Å². The van der Waals surface area contributed by atoms with E-state index < -0.39 is 22.7 Å². The van der Waals surface area contributed by atoms with Crippen LogP contribution in [0.2, 0.25) is 0 Å². The van der Waals surface area contributed by atoms with Gasteiger partial charge in [0.15, 0.2) is 4.77 Å². The predicted molar refractivity (Wildman–Crippen MR) is 72.8 cm³/mol. The largest absolute Gasteiger partial charge is 0.417 e. The van der Waals surface area contributed by atoms with Crippen LogP contribution in [0.3, 0.4) is 0 Å². The zero-order valence-corrected chi connectivity index (χ0v) is 12.1. The molecule has 1 N–H and O–H groups in total. The van der Waals surface area contributed by atoms with Gasteiger partial charge < -0.3 is 9.30 Å². The SMILES string of the molecule is COCCn1c(=S)[nH]c(=O)c2c(C(F)(F)F)cc(C)nc21. The molecule has 0 unspecified atom stereocenters. The first-order valence-corrected chi connectivity index (χ1v) is 6.37. The Hall–Kier alpha value is -1.74. The van der Waals surface area contributed by atoms with E-state index in [1.807, 2.05) is 0 Å². The van der Waals surface area contributed by atoms with Crippen molar-refractivity contribution in [3.05, 3.63) is 32.4 Å². The van der Waals surface area contributed by atoms with Gasteiger partial charge in [-0.25, -0.2) is 4.98 Å². The number of aromatic nitrogens is 3. The Bertz CT molecular complexity index is 795. The molecule has 2 heterocycles. The summed E-state index contributed by atoms with van der Waals surface area (Å²) in [5, 5.41) is -0.516. The second kappa shape index (κ2) is 5.57. The summed E-state index contributed by atoms with van der Waals surface area (Å²) in [7, 11) is 1.46. The van der Waals surface area contributed by atoms with Crippen molar-refractivity contribution in [1.29, 1.82) is 0 Å². The maximum absolute atomic E-state index is 13.1. The van der Waals surface area contributed by atoms with Crippen LogP contribution in [-0.4, -0.2) is 28.3 Å². The molecule has 0 saturated heterocycles. The van der Waals surface area contributed by atoms with E-state index in [4.69, 9.17) is 17.0 Å². The highest BCUT2D eigenvalue weighted by molar-refractivity contribution is 7.71. The van der Waals surface area contributed by atoms with E-state index in [1.54, 1.807) is 0 Å². The van der Waals surface area contributed by atoms with Gasteiger partial charge >= 0.3 is 6.18 Å². The molecular weight excluding hydrogens is 307 g/mol. The van der Waals surface area contributed by atoms with Crippen molar-refractivity contribution in [2.45, 2.75) is 19.6 Å². The normalized spacial score (nSPS) is 12.0. The number of hydrogen-bond donors (Lipinski definition) is 1.